The fourth-order valence-electron chi connectivity index (χ4n) is 2.24. The second-order valence-corrected chi connectivity index (χ2v) is 6.20. The zero-order valence-corrected chi connectivity index (χ0v) is 12.0. The number of hydrogen-bond acceptors (Lipinski definition) is 3. The maximum absolute atomic E-state index is 14.0. The van der Waals surface area contributed by atoms with Crippen LogP contribution in [0.4, 0.5) is 4.39 Å². The maximum atomic E-state index is 14.0. The van der Waals surface area contributed by atoms with Gasteiger partial charge in [0.05, 0.1) is 5.69 Å². The molecule has 0 amide bonds. The second-order valence-electron chi connectivity index (χ2n) is 5.12. The van der Waals surface area contributed by atoms with Crippen LogP contribution in [0, 0.1) is 12.7 Å². The minimum absolute atomic E-state index is 0.174. The molecule has 1 aliphatic rings. The molecule has 100 valence electrons. The fraction of sp³-hybridized carbons (Fsp3) is 0.400. The lowest BCUT2D eigenvalue weighted by Crippen LogP contribution is -2.05. The van der Waals surface area contributed by atoms with Crippen LogP contribution >= 0.6 is 11.3 Å². The smallest absolute Gasteiger partial charge is 0.133 e. The standard InChI is InChI=1S/C15H17FN2S/c1-9-3-6-11(12(16)7-9)15-18-14(10-4-5-10)13(19-15)8-17-2/h3,6-7,10,17H,4-5,8H2,1-2H3. The summed E-state index contributed by atoms with van der Waals surface area (Å²) >= 11 is 1.61. The molecular formula is C15H17FN2S. The SMILES string of the molecule is CNCc1sc(-c2ccc(C)cc2F)nc1C1CC1. The fourth-order valence-corrected chi connectivity index (χ4v) is 3.42. The molecule has 0 spiro atoms. The molecule has 4 heteroatoms. The average Bonchev–Trinajstić information content (AvgIpc) is 3.12. The van der Waals surface area contributed by atoms with E-state index in [4.69, 9.17) is 4.98 Å². The van der Waals surface area contributed by atoms with Gasteiger partial charge >= 0.3 is 0 Å². The number of aromatic nitrogens is 1. The van der Waals surface area contributed by atoms with Crippen LogP contribution in [0.25, 0.3) is 10.6 Å². The molecule has 0 bridgehead atoms. The highest BCUT2D eigenvalue weighted by Gasteiger charge is 2.29. The Morgan fingerprint density at radius 1 is 1.42 bits per heavy atom. The average molecular weight is 276 g/mol. The van der Waals surface area contributed by atoms with E-state index in [-0.39, 0.29) is 5.82 Å². The number of hydrogen-bond donors (Lipinski definition) is 1. The molecule has 0 atom stereocenters. The van der Waals surface area contributed by atoms with Crippen molar-refractivity contribution in [1.82, 2.24) is 10.3 Å². The van der Waals surface area contributed by atoms with Crippen molar-refractivity contribution in [2.45, 2.75) is 32.2 Å². The minimum atomic E-state index is -0.174. The molecule has 1 aromatic carbocycles. The van der Waals surface area contributed by atoms with Crippen LogP contribution in [0.1, 0.15) is 34.9 Å². The summed E-state index contributed by atoms with van der Waals surface area (Å²) in [4.78, 5) is 5.94. The highest BCUT2D eigenvalue weighted by atomic mass is 32.1. The second kappa shape index (κ2) is 5.02. The van der Waals surface area contributed by atoms with Crippen molar-refractivity contribution in [3.8, 4) is 10.6 Å². The lowest BCUT2D eigenvalue weighted by atomic mass is 10.1. The topological polar surface area (TPSA) is 24.9 Å². The molecule has 1 aliphatic carbocycles. The quantitative estimate of drug-likeness (QED) is 0.917. The predicted octanol–water partition coefficient (Wildman–Crippen LogP) is 3.85. The van der Waals surface area contributed by atoms with Crippen LogP contribution in [0.5, 0.6) is 0 Å². The molecule has 0 unspecified atom stereocenters. The van der Waals surface area contributed by atoms with Crippen LogP contribution < -0.4 is 5.32 Å². The summed E-state index contributed by atoms with van der Waals surface area (Å²) in [6.45, 7) is 2.72. The van der Waals surface area contributed by atoms with Gasteiger partial charge in [-0.2, -0.15) is 0 Å². The largest absolute Gasteiger partial charge is 0.315 e. The Hall–Kier alpha value is -1.26. The van der Waals surface area contributed by atoms with Gasteiger partial charge in [-0.15, -0.1) is 11.3 Å². The molecule has 3 rings (SSSR count). The molecular weight excluding hydrogens is 259 g/mol. The van der Waals surface area contributed by atoms with Crippen LogP contribution in [0.2, 0.25) is 0 Å². The van der Waals surface area contributed by atoms with E-state index >= 15 is 0 Å². The monoisotopic (exact) mass is 276 g/mol. The summed E-state index contributed by atoms with van der Waals surface area (Å²) < 4.78 is 14.0. The Labute approximate surface area is 116 Å². The van der Waals surface area contributed by atoms with Gasteiger partial charge in [-0.1, -0.05) is 6.07 Å². The summed E-state index contributed by atoms with van der Waals surface area (Å²) in [7, 11) is 1.93. The first-order valence-corrected chi connectivity index (χ1v) is 7.41. The van der Waals surface area contributed by atoms with Crippen molar-refractivity contribution in [1.29, 1.82) is 0 Å². The van der Waals surface area contributed by atoms with Crippen molar-refractivity contribution >= 4 is 11.3 Å². The summed E-state index contributed by atoms with van der Waals surface area (Å²) in [5, 5.41) is 3.98. The number of aryl methyl sites for hydroxylation is 1. The molecule has 2 aromatic rings. The molecule has 19 heavy (non-hydrogen) atoms. The lowest BCUT2D eigenvalue weighted by Gasteiger charge is -1.99. The normalized spacial score (nSPS) is 14.9. The summed E-state index contributed by atoms with van der Waals surface area (Å²) in [6.07, 6.45) is 2.44. The van der Waals surface area contributed by atoms with E-state index in [1.54, 1.807) is 17.4 Å². The van der Waals surface area contributed by atoms with Gasteiger partial charge in [-0.05, 0) is 44.5 Å². The molecule has 1 heterocycles. The van der Waals surface area contributed by atoms with Gasteiger partial charge in [0, 0.05) is 22.9 Å². The van der Waals surface area contributed by atoms with Crippen molar-refractivity contribution in [3.05, 3.63) is 40.2 Å². The number of benzene rings is 1. The van der Waals surface area contributed by atoms with Crippen LogP contribution in [-0.4, -0.2) is 12.0 Å². The third kappa shape index (κ3) is 2.55. The Kier molecular flexibility index (Phi) is 3.37. The Morgan fingerprint density at radius 2 is 2.21 bits per heavy atom. The summed E-state index contributed by atoms with van der Waals surface area (Å²) in [6, 6.07) is 5.35. The molecule has 1 aromatic heterocycles. The van der Waals surface area contributed by atoms with Gasteiger partial charge in [0.1, 0.15) is 10.8 Å². The highest BCUT2D eigenvalue weighted by molar-refractivity contribution is 7.15. The van der Waals surface area contributed by atoms with Crippen molar-refractivity contribution in [2.75, 3.05) is 7.05 Å². The van der Waals surface area contributed by atoms with Crippen molar-refractivity contribution < 1.29 is 4.39 Å². The summed E-state index contributed by atoms with van der Waals surface area (Å²) in [5.74, 6) is 0.425. The first-order valence-electron chi connectivity index (χ1n) is 6.59. The van der Waals surface area contributed by atoms with Crippen LogP contribution in [0.15, 0.2) is 18.2 Å². The van der Waals surface area contributed by atoms with E-state index in [0.29, 0.717) is 11.5 Å². The third-order valence-electron chi connectivity index (χ3n) is 3.38. The van der Waals surface area contributed by atoms with Gasteiger partial charge in [-0.3, -0.25) is 0 Å². The predicted molar refractivity (Wildman–Crippen MR) is 77.0 cm³/mol. The van der Waals surface area contributed by atoms with E-state index < -0.39 is 0 Å². The van der Waals surface area contributed by atoms with Crippen LogP contribution in [0.3, 0.4) is 0 Å². The molecule has 1 saturated carbocycles. The van der Waals surface area contributed by atoms with E-state index in [2.05, 4.69) is 5.32 Å². The molecule has 1 fully saturated rings. The number of halogens is 1. The Bertz CT molecular complexity index is 602. The molecule has 0 saturated heterocycles. The lowest BCUT2D eigenvalue weighted by molar-refractivity contribution is 0.630. The highest BCUT2D eigenvalue weighted by Crippen LogP contribution is 2.44. The van der Waals surface area contributed by atoms with E-state index in [1.165, 1.54) is 23.4 Å². The number of nitrogens with one attached hydrogen (secondary N) is 1. The summed E-state index contributed by atoms with van der Waals surface area (Å²) in [5.41, 5.74) is 2.74. The molecule has 1 N–H and O–H groups in total. The minimum Gasteiger partial charge on any atom is -0.315 e. The van der Waals surface area contributed by atoms with Crippen LogP contribution in [-0.2, 0) is 6.54 Å². The number of thiazole rings is 1. The Balaban J connectivity index is 2.02. The van der Waals surface area contributed by atoms with E-state index in [9.17, 15) is 4.39 Å². The first-order chi connectivity index (χ1) is 9.19. The zero-order chi connectivity index (χ0) is 13.4. The van der Waals surface area contributed by atoms with Gasteiger partial charge < -0.3 is 5.32 Å². The molecule has 2 nitrogen and oxygen atoms in total. The molecule has 0 aliphatic heterocycles. The molecule has 0 radical (unpaired) electrons. The zero-order valence-electron chi connectivity index (χ0n) is 11.2. The van der Waals surface area contributed by atoms with Crippen molar-refractivity contribution in [2.24, 2.45) is 0 Å². The maximum Gasteiger partial charge on any atom is 0.133 e. The number of nitrogens with zero attached hydrogens (tertiary/aromatic N) is 1. The number of rotatable bonds is 4. The Morgan fingerprint density at radius 3 is 2.84 bits per heavy atom. The van der Waals surface area contributed by atoms with Gasteiger partial charge in [0.15, 0.2) is 0 Å². The van der Waals surface area contributed by atoms with Crippen molar-refractivity contribution in [3.63, 3.8) is 0 Å². The first kappa shape index (κ1) is 12.8. The van der Waals surface area contributed by atoms with Gasteiger partial charge in [0.2, 0.25) is 0 Å². The van der Waals surface area contributed by atoms with Gasteiger partial charge in [0.25, 0.3) is 0 Å². The van der Waals surface area contributed by atoms with Gasteiger partial charge in [-0.25, -0.2) is 9.37 Å². The van der Waals surface area contributed by atoms with E-state index in [0.717, 1.165) is 17.1 Å². The van der Waals surface area contributed by atoms with E-state index in [1.807, 2.05) is 26.1 Å². The third-order valence-corrected chi connectivity index (χ3v) is 4.49.